The summed E-state index contributed by atoms with van der Waals surface area (Å²) >= 11 is 0. The number of benzene rings is 2. The van der Waals surface area contributed by atoms with Crippen LogP contribution in [-0.2, 0) is 58.6 Å². The van der Waals surface area contributed by atoms with Gasteiger partial charge in [-0.3, -0.25) is 28.9 Å². The number of cyclic esters (lactones) is 1. The monoisotopic (exact) mass is 1100 g/mol. The number of aliphatic hydroxyl groups is 1. The number of carbonyl (C=O) groups is 5. The number of esters is 2. The molecule has 4 aromatic rings. The first-order chi connectivity index (χ1) is 38.9. The molecule has 0 spiro atoms. The van der Waals surface area contributed by atoms with Gasteiger partial charge in [0.1, 0.15) is 24.3 Å². The van der Waals surface area contributed by atoms with Crippen LogP contribution in [0.1, 0.15) is 156 Å². The number of fused-ring (bicyclic) bond motifs is 9. The lowest BCUT2D eigenvalue weighted by Crippen LogP contribution is -2.50. The van der Waals surface area contributed by atoms with Crippen LogP contribution in [0.3, 0.4) is 0 Å². The number of ketones is 2. The van der Waals surface area contributed by atoms with Crippen LogP contribution in [0.2, 0.25) is 0 Å². The molecule has 1 saturated heterocycles. The van der Waals surface area contributed by atoms with Gasteiger partial charge in [0, 0.05) is 106 Å². The van der Waals surface area contributed by atoms with E-state index in [9.17, 15) is 33.9 Å². The molecule has 2 aromatic carbocycles. The second-order valence-electron chi connectivity index (χ2n) is 25.1. The van der Waals surface area contributed by atoms with Crippen LogP contribution >= 0.6 is 0 Å². The second-order valence-corrected chi connectivity index (χ2v) is 25.1. The minimum absolute atomic E-state index is 0.0162. The van der Waals surface area contributed by atoms with Crippen molar-refractivity contribution in [3.05, 3.63) is 114 Å². The highest BCUT2D eigenvalue weighted by Gasteiger charge is 2.60. The van der Waals surface area contributed by atoms with Crippen molar-refractivity contribution in [3.8, 4) is 11.4 Å². The van der Waals surface area contributed by atoms with E-state index in [1.54, 1.807) is 37.5 Å². The van der Waals surface area contributed by atoms with Crippen molar-refractivity contribution in [2.75, 3.05) is 57.8 Å². The van der Waals surface area contributed by atoms with Gasteiger partial charge in [-0.25, -0.2) is 14.2 Å². The fourth-order valence-electron chi connectivity index (χ4n) is 16.4. The van der Waals surface area contributed by atoms with Gasteiger partial charge in [0.2, 0.25) is 5.91 Å². The number of hydrogen-bond acceptors (Lipinski definition) is 13. The number of hydrogen-bond donors (Lipinski definition) is 2. The van der Waals surface area contributed by atoms with E-state index in [0.717, 1.165) is 118 Å². The second kappa shape index (κ2) is 21.4. The number of anilines is 1. The molecule has 16 heteroatoms. The number of Topliss-reactive ketones (excluding diaryl/α,β-unsaturated/α-hetero) is 1. The molecule has 5 aliphatic carbocycles. The molecule has 3 aliphatic heterocycles. The minimum atomic E-state index is -1.98. The maximum absolute atomic E-state index is 15.5. The molecule has 2 saturated carbocycles. The number of nitrogens with one attached hydrogen (secondary N) is 1. The third-order valence-corrected chi connectivity index (χ3v) is 20.5. The standard InChI is InChI=1S/C65H77FN6O9/c1-7-65(79)50-30-54-61-46(33-72(54)62(77)47(50)35-80-63(65)78)59-52(21-18-43-36(2)51(66)31-53(68-61)58(43)59)67-56(76)34-71-26-24-70(25-27-71)23-11-9-8-10-22-69(6)41-14-12-39(13-15-41)45-32-64(5)48(37(3)73)19-20-49(64)60-55(81-38(4)74)29-40-28-42(75)16-17-44(40)57(45)60/h12-15,28,30-31,45,48-49,52,55,60,79H,7-11,16-27,29,32-35H2,1-6H3,(H,67,76)/t45-,48+,49+,52+,55?,60-,64-,65+/m1/s1. The van der Waals surface area contributed by atoms with Crippen molar-refractivity contribution in [1.82, 2.24) is 24.7 Å². The fraction of sp³-hybridized carbons (Fsp3) is 0.554. The number of carbonyl (C=O) groups excluding carboxylic acids is 5. The first-order valence-corrected chi connectivity index (χ1v) is 29.9. The van der Waals surface area contributed by atoms with Crippen molar-refractivity contribution < 1.29 is 42.9 Å². The number of halogens is 1. The van der Waals surface area contributed by atoms with E-state index in [-0.39, 0.29) is 107 Å². The van der Waals surface area contributed by atoms with Gasteiger partial charge in [-0.1, -0.05) is 44.4 Å². The number of unbranched alkanes of at least 4 members (excludes halogenated alkanes) is 3. The van der Waals surface area contributed by atoms with E-state index < -0.39 is 17.6 Å². The van der Waals surface area contributed by atoms with Crippen molar-refractivity contribution in [2.24, 2.45) is 23.2 Å². The van der Waals surface area contributed by atoms with E-state index in [0.29, 0.717) is 54.6 Å². The van der Waals surface area contributed by atoms with Gasteiger partial charge in [0.25, 0.3) is 5.56 Å². The highest BCUT2D eigenvalue weighted by Crippen LogP contribution is 2.66. The number of ether oxygens (including phenoxy) is 2. The zero-order chi connectivity index (χ0) is 56.8. The molecular weight excluding hydrogens is 1030 g/mol. The summed E-state index contributed by atoms with van der Waals surface area (Å²) in [6.45, 7) is 14.4. The van der Waals surface area contributed by atoms with Gasteiger partial charge < -0.3 is 34.3 Å². The summed E-state index contributed by atoms with van der Waals surface area (Å²) in [5.74, 6) is -0.901. The molecule has 8 aliphatic rings. The van der Waals surface area contributed by atoms with Crippen molar-refractivity contribution >= 4 is 46.0 Å². The lowest BCUT2D eigenvalue weighted by molar-refractivity contribution is -0.172. The van der Waals surface area contributed by atoms with Crippen LogP contribution in [-0.4, -0.2) is 113 Å². The van der Waals surface area contributed by atoms with Gasteiger partial charge in [-0.15, -0.1) is 0 Å². The molecule has 5 heterocycles. The number of aryl methyl sites for hydroxylation is 1. The summed E-state index contributed by atoms with van der Waals surface area (Å²) < 4.78 is 28.5. The normalized spacial score (nSPS) is 27.6. The third-order valence-electron chi connectivity index (χ3n) is 20.5. The van der Waals surface area contributed by atoms with Crippen molar-refractivity contribution in [3.63, 3.8) is 0 Å². The molecule has 2 N–H and O–H groups in total. The van der Waals surface area contributed by atoms with Crippen LogP contribution in [0, 0.1) is 35.9 Å². The number of amides is 1. The van der Waals surface area contributed by atoms with Crippen molar-refractivity contribution in [1.29, 1.82) is 0 Å². The summed E-state index contributed by atoms with van der Waals surface area (Å²) in [7, 11) is 2.16. The van der Waals surface area contributed by atoms with E-state index in [2.05, 4.69) is 58.3 Å². The van der Waals surface area contributed by atoms with E-state index in [4.69, 9.17) is 14.5 Å². The Bertz CT molecular complexity index is 3410. The molecule has 428 valence electrons. The maximum Gasteiger partial charge on any atom is 0.343 e. The van der Waals surface area contributed by atoms with E-state index in [1.807, 2.05) is 0 Å². The van der Waals surface area contributed by atoms with Gasteiger partial charge in [0.05, 0.1) is 41.6 Å². The van der Waals surface area contributed by atoms with Gasteiger partial charge in [-0.2, -0.15) is 0 Å². The Hall–Kier alpha value is -6.36. The zero-order valence-corrected chi connectivity index (χ0v) is 47.9. The molecule has 8 atom stereocenters. The molecule has 0 radical (unpaired) electrons. The van der Waals surface area contributed by atoms with E-state index >= 15 is 4.39 Å². The first-order valence-electron chi connectivity index (χ1n) is 29.9. The molecule has 81 heavy (non-hydrogen) atoms. The number of pyridine rings is 2. The SMILES string of the molecule is CC[C@@]1(O)C(=O)OCc2c1cc1n(c2=O)Cc2c-1nc1cc(F)c(C)c3c1c2[C@@H](NC(=O)CN1CCN(CCCCCCN(C)c2ccc([C@H]4C[C@]5(C)[C@H](C(C)=O)CC[C@H]5[C@H]5C4=C4CCC(=O)C=C4CC5OC(C)=O)cc2)CC1)CC3. The average molecular weight is 1110 g/mol. The average Bonchev–Trinajstić information content (AvgIpc) is 4.26. The first kappa shape index (κ1) is 55.2. The highest BCUT2D eigenvalue weighted by molar-refractivity contribution is 5.95. The quantitative estimate of drug-likeness (QED) is 0.0753. The Morgan fingerprint density at radius 1 is 0.938 bits per heavy atom. The third kappa shape index (κ3) is 9.58. The molecule has 3 fully saturated rings. The molecule has 0 bridgehead atoms. The summed E-state index contributed by atoms with van der Waals surface area (Å²) in [5.41, 5.74) is 8.31. The lowest BCUT2D eigenvalue weighted by Gasteiger charge is -2.54. The Balaban J connectivity index is 0.637. The lowest BCUT2D eigenvalue weighted by atomic mass is 9.51. The smallest absolute Gasteiger partial charge is 0.343 e. The Morgan fingerprint density at radius 2 is 1.69 bits per heavy atom. The molecule has 1 amide bonds. The number of piperazine rings is 1. The van der Waals surface area contributed by atoms with Gasteiger partial charge in [0.15, 0.2) is 11.4 Å². The number of aromatic nitrogens is 2. The molecule has 1 unspecified atom stereocenters. The van der Waals surface area contributed by atoms with Crippen LogP contribution in [0.5, 0.6) is 0 Å². The minimum Gasteiger partial charge on any atom is -0.462 e. The maximum atomic E-state index is 15.5. The molecular formula is C65H77FN6O9. The highest BCUT2D eigenvalue weighted by atomic mass is 19.1. The predicted octanol–water partition coefficient (Wildman–Crippen LogP) is 8.59. The molecule has 2 aromatic heterocycles. The van der Waals surface area contributed by atoms with E-state index in [1.165, 1.54) is 29.7 Å². The predicted molar refractivity (Wildman–Crippen MR) is 305 cm³/mol. The van der Waals surface area contributed by atoms with Crippen LogP contribution in [0.4, 0.5) is 10.1 Å². The zero-order valence-electron chi connectivity index (χ0n) is 47.9. The van der Waals surface area contributed by atoms with Crippen molar-refractivity contribution in [2.45, 2.75) is 155 Å². The molecule has 12 rings (SSSR count). The summed E-state index contributed by atoms with van der Waals surface area (Å²) in [6, 6.07) is 11.7. The Morgan fingerprint density at radius 3 is 2.43 bits per heavy atom. The topological polar surface area (TPSA) is 181 Å². The van der Waals surface area contributed by atoms with Gasteiger partial charge >= 0.3 is 11.9 Å². The van der Waals surface area contributed by atoms with Gasteiger partial charge in [-0.05, 0) is 147 Å². The number of allylic oxidation sites excluding steroid dienone is 2. The Kier molecular flexibility index (Phi) is 14.6. The summed E-state index contributed by atoms with van der Waals surface area (Å²) in [5, 5.41) is 15.6. The fourth-order valence-corrected chi connectivity index (χ4v) is 16.4. The summed E-state index contributed by atoms with van der Waals surface area (Å²) in [6.07, 6.45) is 11.4. The number of nitrogens with zero attached hydrogens (tertiary/aromatic N) is 5. The molecule has 15 nitrogen and oxygen atoms in total. The summed E-state index contributed by atoms with van der Waals surface area (Å²) in [4.78, 5) is 91.4. The van der Waals surface area contributed by atoms with Crippen LogP contribution in [0.25, 0.3) is 22.3 Å². The van der Waals surface area contributed by atoms with Crippen LogP contribution < -0.4 is 15.8 Å². The number of rotatable bonds is 15. The Labute approximate surface area is 473 Å². The van der Waals surface area contributed by atoms with Crippen LogP contribution in [0.15, 0.2) is 64.0 Å². The largest absolute Gasteiger partial charge is 0.462 e.